The van der Waals surface area contributed by atoms with Gasteiger partial charge in [-0.2, -0.15) is 0 Å². The lowest BCUT2D eigenvalue weighted by molar-refractivity contribution is 0.626. The van der Waals surface area contributed by atoms with Gasteiger partial charge in [-0.25, -0.2) is 4.39 Å². The maximum Gasteiger partial charge on any atom is 0.125 e. The average molecular weight is 180 g/mol. The van der Waals surface area contributed by atoms with E-state index in [1.165, 1.54) is 12.1 Å². The molecule has 1 aromatic rings. The highest BCUT2D eigenvalue weighted by molar-refractivity contribution is 5.97. The molecule has 0 aromatic heterocycles. The van der Waals surface area contributed by atoms with Crippen LogP contribution < -0.4 is 5.73 Å². The second kappa shape index (κ2) is 4.03. The van der Waals surface area contributed by atoms with E-state index in [1.54, 1.807) is 0 Å². The predicted octanol–water partition coefficient (Wildman–Crippen LogP) is 1.86. The van der Waals surface area contributed by atoms with Crippen molar-refractivity contribution in [1.82, 2.24) is 0 Å². The molecule has 1 aromatic carbocycles. The van der Waals surface area contributed by atoms with Gasteiger partial charge < -0.3 is 5.73 Å². The minimum absolute atomic E-state index is 0.274. The molecule has 70 valence electrons. The van der Waals surface area contributed by atoms with Crippen LogP contribution in [-0.4, -0.2) is 12.4 Å². The number of nitrogens with two attached hydrogens (primary N) is 1. The highest BCUT2D eigenvalue weighted by Gasteiger charge is 2.00. The van der Waals surface area contributed by atoms with Crippen molar-refractivity contribution in [2.45, 2.75) is 13.8 Å². The number of nitrogens with zero attached hydrogens (tertiary/aromatic N) is 1. The summed E-state index contributed by atoms with van der Waals surface area (Å²) in [4.78, 5) is 4.00. The zero-order chi connectivity index (χ0) is 9.84. The number of hydrogen-bond acceptors (Lipinski definition) is 1. The molecule has 0 aliphatic carbocycles. The third kappa shape index (κ3) is 2.54. The zero-order valence-corrected chi connectivity index (χ0v) is 7.84. The Balaban J connectivity index is 3.08. The molecule has 2 nitrogen and oxygen atoms in total. The summed E-state index contributed by atoms with van der Waals surface area (Å²) in [5, 5.41) is 0. The average Bonchev–Trinajstić information content (AvgIpc) is 2.03. The van der Waals surface area contributed by atoms with Crippen LogP contribution in [0.1, 0.15) is 18.1 Å². The number of halogens is 1. The summed E-state index contributed by atoms with van der Waals surface area (Å²) in [6.45, 7) is 4.33. The Bertz CT molecular complexity index is 311. The van der Waals surface area contributed by atoms with Gasteiger partial charge in [0.05, 0.1) is 0 Å². The molecule has 0 aliphatic heterocycles. The van der Waals surface area contributed by atoms with Crippen molar-refractivity contribution in [2.24, 2.45) is 10.7 Å². The fraction of sp³-hybridized carbons (Fsp3) is 0.300. The van der Waals surface area contributed by atoms with Crippen LogP contribution in [0.5, 0.6) is 0 Å². The molecule has 0 heterocycles. The zero-order valence-electron chi connectivity index (χ0n) is 7.84. The minimum Gasteiger partial charge on any atom is -0.384 e. The van der Waals surface area contributed by atoms with E-state index in [0.29, 0.717) is 17.9 Å². The Labute approximate surface area is 77.3 Å². The van der Waals surface area contributed by atoms with Crippen LogP contribution in [0.3, 0.4) is 0 Å². The van der Waals surface area contributed by atoms with Crippen molar-refractivity contribution in [2.75, 3.05) is 6.54 Å². The molecule has 0 spiro atoms. The Morgan fingerprint density at radius 1 is 1.46 bits per heavy atom. The van der Waals surface area contributed by atoms with Gasteiger partial charge >= 0.3 is 0 Å². The van der Waals surface area contributed by atoms with E-state index in [0.717, 1.165) is 5.56 Å². The van der Waals surface area contributed by atoms with E-state index < -0.39 is 0 Å². The molecule has 0 saturated carbocycles. The molecule has 3 heteroatoms. The Kier molecular flexibility index (Phi) is 3.01. The molecule has 0 radical (unpaired) electrons. The first-order chi connectivity index (χ1) is 6.13. The molecule has 0 atom stereocenters. The van der Waals surface area contributed by atoms with Gasteiger partial charge in [-0.1, -0.05) is 0 Å². The highest BCUT2D eigenvalue weighted by atomic mass is 19.1. The number of aryl methyl sites for hydroxylation is 1. The van der Waals surface area contributed by atoms with Crippen molar-refractivity contribution in [3.63, 3.8) is 0 Å². The molecule has 0 aliphatic rings. The fourth-order valence-electron chi connectivity index (χ4n) is 1.15. The van der Waals surface area contributed by atoms with Crippen LogP contribution in [-0.2, 0) is 0 Å². The monoisotopic (exact) mass is 180 g/mol. The first kappa shape index (κ1) is 9.71. The summed E-state index contributed by atoms with van der Waals surface area (Å²) in [5.41, 5.74) is 7.13. The summed E-state index contributed by atoms with van der Waals surface area (Å²) in [6, 6.07) is 4.67. The number of rotatable bonds is 2. The Morgan fingerprint density at radius 2 is 2.15 bits per heavy atom. The van der Waals surface area contributed by atoms with Crippen molar-refractivity contribution >= 4 is 5.84 Å². The van der Waals surface area contributed by atoms with Gasteiger partial charge in [0.1, 0.15) is 11.7 Å². The van der Waals surface area contributed by atoms with Crippen molar-refractivity contribution in [1.29, 1.82) is 0 Å². The number of benzene rings is 1. The number of hydrogen-bond donors (Lipinski definition) is 1. The highest BCUT2D eigenvalue weighted by Crippen LogP contribution is 2.07. The third-order valence-corrected chi connectivity index (χ3v) is 1.67. The van der Waals surface area contributed by atoms with E-state index in [-0.39, 0.29) is 5.82 Å². The summed E-state index contributed by atoms with van der Waals surface area (Å²) < 4.78 is 12.9. The van der Waals surface area contributed by atoms with Crippen molar-refractivity contribution in [3.8, 4) is 0 Å². The predicted molar refractivity (Wildman–Crippen MR) is 52.4 cm³/mol. The van der Waals surface area contributed by atoms with Gasteiger partial charge in [-0.05, 0) is 37.6 Å². The second-order valence-electron chi connectivity index (χ2n) is 2.88. The molecule has 0 saturated heterocycles. The molecule has 0 amide bonds. The Morgan fingerprint density at radius 3 is 2.69 bits per heavy atom. The molecule has 1 rings (SSSR count). The summed E-state index contributed by atoms with van der Waals surface area (Å²) >= 11 is 0. The molecule has 0 unspecified atom stereocenters. The quantitative estimate of drug-likeness (QED) is 0.547. The molecular weight excluding hydrogens is 167 g/mol. The van der Waals surface area contributed by atoms with Crippen LogP contribution in [0.4, 0.5) is 4.39 Å². The standard InChI is InChI=1S/C10H13FN2/c1-3-13-10(12)8-4-7(2)5-9(11)6-8/h4-6H,3H2,1-2H3,(H2,12,13). The number of aliphatic imine (C=N–C) groups is 1. The van der Waals surface area contributed by atoms with Crippen LogP contribution in [0.25, 0.3) is 0 Å². The summed E-state index contributed by atoms with van der Waals surface area (Å²) in [5.74, 6) is 0.120. The van der Waals surface area contributed by atoms with Crippen LogP contribution in [0.2, 0.25) is 0 Å². The van der Waals surface area contributed by atoms with Gasteiger partial charge in [0.25, 0.3) is 0 Å². The van der Waals surface area contributed by atoms with E-state index in [4.69, 9.17) is 5.73 Å². The van der Waals surface area contributed by atoms with Gasteiger partial charge in [0.15, 0.2) is 0 Å². The molecule has 13 heavy (non-hydrogen) atoms. The lowest BCUT2D eigenvalue weighted by Crippen LogP contribution is -2.14. The van der Waals surface area contributed by atoms with Gasteiger partial charge in [-0.3, -0.25) is 4.99 Å². The van der Waals surface area contributed by atoms with E-state index in [9.17, 15) is 4.39 Å². The largest absolute Gasteiger partial charge is 0.384 e. The van der Waals surface area contributed by atoms with Crippen LogP contribution in [0.15, 0.2) is 23.2 Å². The maximum atomic E-state index is 12.9. The first-order valence-electron chi connectivity index (χ1n) is 4.21. The van der Waals surface area contributed by atoms with Crippen molar-refractivity contribution in [3.05, 3.63) is 35.1 Å². The summed E-state index contributed by atoms with van der Waals surface area (Å²) in [6.07, 6.45) is 0. The van der Waals surface area contributed by atoms with Gasteiger partial charge in [-0.15, -0.1) is 0 Å². The third-order valence-electron chi connectivity index (χ3n) is 1.67. The van der Waals surface area contributed by atoms with Gasteiger partial charge in [0.2, 0.25) is 0 Å². The fourth-order valence-corrected chi connectivity index (χ4v) is 1.15. The normalized spacial score (nSPS) is 11.8. The van der Waals surface area contributed by atoms with Crippen LogP contribution in [0, 0.1) is 12.7 Å². The lowest BCUT2D eigenvalue weighted by atomic mass is 10.1. The molecule has 0 fully saturated rings. The van der Waals surface area contributed by atoms with Crippen LogP contribution >= 0.6 is 0 Å². The minimum atomic E-state index is -0.274. The van der Waals surface area contributed by atoms with Crippen molar-refractivity contribution < 1.29 is 4.39 Å². The number of amidine groups is 1. The van der Waals surface area contributed by atoms with Gasteiger partial charge in [0, 0.05) is 12.1 Å². The topological polar surface area (TPSA) is 38.4 Å². The first-order valence-corrected chi connectivity index (χ1v) is 4.21. The second-order valence-corrected chi connectivity index (χ2v) is 2.88. The molecular formula is C10H13FN2. The van der Waals surface area contributed by atoms with E-state index in [1.807, 2.05) is 19.9 Å². The lowest BCUT2D eigenvalue weighted by Gasteiger charge is -2.02. The SMILES string of the molecule is CCN=C(N)c1cc(C)cc(F)c1. The van der Waals surface area contributed by atoms with E-state index >= 15 is 0 Å². The summed E-state index contributed by atoms with van der Waals surface area (Å²) in [7, 11) is 0. The van der Waals surface area contributed by atoms with E-state index in [2.05, 4.69) is 4.99 Å². The Hall–Kier alpha value is -1.38. The maximum absolute atomic E-state index is 12.9. The molecule has 2 N–H and O–H groups in total. The molecule has 0 bridgehead atoms. The smallest absolute Gasteiger partial charge is 0.125 e.